The molecule has 0 fully saturated rings. The van der Waals surface area contributed by atoms with E-state index in [2.05, 4.69) is 340 Å². The van der Waals surface area contributed by atoms with Gasteiger partial charge >= 0.3 is 0 Å². The van der Waals surface area contributed by atoms with E-state index < -0.39 is 16.2 Å². The summed E-state index contributed by atoms with van der Waals surface area (Å²) in [5, 5.41) is 2.47. The van der Waals surface area contributed by atoms with Crippen molar-refractivity contribution in [3.05, 3.63) is 406 Å². The summed E-state index contributed by atoms with van der Waals surface area (Å²) in [6, 6.07) is 129. The second-order valence-corrected chi connectivity index (χ2v) is 23.2. The molecule has 14 aromatic rings. The van der Waals surface area contributed by atoms with Crippen LogP contribution in [0.3, 0.4) is 0 Å². The van der Waals surface area contributed by atoms with Crippen LogP contribution in [0.2, 0.25) is 0 Å². The van der Waals surface area contributed by atoms with E-state index in [-0.39, 0.29) is 0 Å². The molecule has 0 radical (unpaired) electrons. The third kappa shape index (κ3) is 6.91. The zero-order chi connectivity index (χ0) is 56.1. The van der Waals surface area contributed by atoms with Crippen molar-refractivity contribution in [2.75, 3.05) is 0 Å². The third-order valence-electron chi connectivity index (χ3n) is 19.4. The Morgan fingerprint density at radius 2 is 0.365 bits per heavy atom. The molecule has 17 rings (SSSR count). The van der Waals surface area contributed by atoms with E-state index >= 15 is 0 Å². The van der Waals surface area contributed by atoms with E-state index in [9.17, 15) is 0 Å². The van der Waals surface area contributed by atoms with Gasteiger partial charge in [-0.25, -0.2) is 0 Å². The highest BCUT2D eigenvalue weighted by Crippen LogP contribution is 2.64. The van der Waals surface area contributed by atoms with Crippen molar-refractivity contribution >= 4 is 10.8 Å². The molecule has 0 amide bonds. The van der Waals surface area contributed by atoms with E-state index in [4.69, 9.17) is 0 Å². The summed E-state index contributed by atoms with van der Waals surface area (Å²) in [5.74, 6) is 0. The fourth-order valence-electron chi connectivity index (χ4n) is 16.0. The molecule has 85 heavy (non-hydrogen) atoms. The Labute approximate surface area is 497 Å². The van der Waals surface area contributed by atoms with Crippen LogP contribution in [-0.4, -0.2) is 0 Å². The Morgan fingerprint density at radius 3 is 0.671 bits per heavy atom. The van der Waals surface area contributed by atoms with Gasteiger partial charge in [0.15, 0.2) is 0 Å². The van der Waals surface area contributed by atoms with Gasteiger partial charge in [-0.3, -0.25) is 0 Å². The molecule has 0 heteroatoms. The fourth-order valence-corrected chi connectivity index (χ4v) is 16.0. The van der Waals surface area contributed by atoms with E-state index in [1.54, 1.807) is 0 Å². The van der Waals surface area contributed by atoms with Gasteiger partial charge in [0.1, 0.15) is 0 Å². The van der Waals surface area contributed by atoms with Crippen LogP contribution in [0.4, 0.5) is 0 Å². The van der Waals surface area contributed by atoms with Gasteiger partial charge in [0.05, 0.1) is 16.2 Å². The van der Waals surface area contributed by atoms with Gasteiger partial charge in [-0.15, -0.1) is 0 Å². The summed E-state index contributed by atoms with van der Waals surface area (Å²) in [5.41, 5.74) is 27.6. The van der Waals surface area contributed by atoms with Gasteiger partial charge in [0, 0.05) is 0 Å². The molecular formula is C85H56. The molecule has 0 aliphatic heterocycles. The Morgan fingerprint density at radius 1 is 0.141 bits per heavy atom. The van der Waals surface area contributed by atoms with E-state index in [1.165, 1.54) is 144 Å². The first kappa shape index (κ1) is 49.0. The zero-order valence-corrected chi connectivity index (χ0v) is 46.8. The van der Waals surface area contributed by atoms with E-state index in [1.807, 2.05) is 0 Å². The molecular weight excluding hydrogens is 1020 g/mol. The minimum Gasteiger partial charge on any atom is -0.0622 e. The van der Waals surface area contributed by atoms with Crippen molar-refractivity contribution < 1.29 is 0 Å². The first-order valence-electron chi connectivity index (χ1n) is 29.8. The van der Waals surface area contributed by atoms with Crippen LogP contribution in [0.25, 0.3) is 77.5 Å². The molecule has 14 aromatic carbocycles. The average Bonchev–Trinajstić information content (AvgIpc) is 1.69. The minimum atomic E-state index is -0.777. The molecule has 3 aliphatic rings. The van der Waals surface area contributed by atoms with Gasteiger partial charge < -0.3 is 0 Å². The van der Waals surface area contributed by atoms with Crippen LogP contribution in [0.1, 0.15) is 66.8 Å². The van der Waals surface area contributed by atoms with Gasteiger partial charge in [0.25, 0.3) is 0 Å². The van der Waals surface area contributed by atoms with Crippen molar-refractivity contribution in [2.24, 2.45) is 0 Å². The van der Waals surface area contributed by atoms with Crippen LogP contribution in [-0.2, 0) is 16.2 Å². The van der Waals surface area contributed by atoms with Crippen LogP contribution < -0.4 is 0 Å². The highest BCUT2D eigenvalue weighted by Gasteiger charge is 2.53. The lowest BCUT2D eigenvalue weighted by Gasteiger charge is -2.41. The second-order valence-electron chi connectivity index (χ2n) is 23.2. The van der Waals surface area contributed by atoms with E-state index in [0.29, 0.717) is 0 Å². The first-order chi connectivity index (χ1) is 42.2. The smallest absolute Gasteiger partial charge is 0.0622 e. The second kappa shape index (κ2) is 19.2. The minimum absolute atomic E-state index is 0.732. The van der Waals surface area contributed by atoms with Crippen LogP contribution in [0.5, 0.6) is 0 Å². The summed E-state index contributed by atoms with van der Waals surface area (Å²) in [7, 11) is 0. The molecule has 0 unspecified atom stereocenters. The SMILES string of the molecule is c1ccc(-c2ccc(C3(c4ccc(C5(c6ccc(-c7ccccc7)cc6)c6ccccc6-c6ccccc65)c5c(C6(c7ccc(-c8ccccc8)cc7)c7ccccc7-c7ccccc76)cccc45)c4ccccc4-c4ccccc43)cc2)cc1. The highest BCUT2D eigenvalue weighted by atomic mass is 14.5. The summed E-state index contributed by atoms with van der Waals surface area (Å²) in [6.07, 6.45) is 0. The number of rotatable bonds is 9. The van der Waals surface area contributed by atoms with E-state index in [0.717, 1.165) is 0 Å². The molecule has 0 saturated carbocycles. The zero-order valence-electron chi connectivity index (χ0n) is 46.8. The molecule has 0 N–H and O–H groups in total. The Bertz CT molecular complexity index is 4570. The number of fused-ring (bicyclic) bond motifs is 10. The first-order valence-corrected chi connectivity index (χ1v) is 29.8. The maximum atomic E-state index is 2.58. The topological polar surface area (TPSA) is 0 Å². The predicted octanol–water partition coefficient (Wildman–Crippen LogP) is 20.9. The molecule has 0 atom stereocenters. The maximum absolute atomic E-state index is 2.58. The van der Waals surface area contributed by atoms with Crippen LogP contribution in [0, 0.1) is 0 Å². The fraction of sp³-hybridized carbons (Fsp3) is 0.0353. The quantitative estimate of drug-likeness (QED) is 0.135. The van der Waals surface area contributed by atoms with Crippen molar-refractivity contribution in [3.63, 3.8) is 0 Å². The molecule has 0 heterocycles. The summed E-state index contributed by atoms with van der Waals surface area (Å²) < 4.78 is 0. The van der Waals surface area contributed by atoms with Gasteiger partial charge in [-0.1, -0.05) is 340 Å². The van der Waals surface area contributed by atoms with Gasteiger partial charge in [-0.2, -0.15) is 0 Å². The third-order valence-corrected chi connectivity index (χ3v) is 19.4. The molecule has 0 saturated heterocycles. The highest BCUT2D eigenvalue weighted by molar-refractivity contribution is 6.04. The number of hydrogen-bond donors (Lipinski definition) is 0. The predicted molar refractivity (Wildman–Crippen MR) is 352 cm³/mol. The lowest BCUT2D eigenvalue weighted by Crippen LogP contribution is -2.34. The number of benzene rings is 14. The lowest BCUT2D eigenvalue weighted by molar-refractivity contribution is 0.749. The molecule has 396 valence electrons. The lowest BCUT2D eigenvalue weighted by atomic mass is 9.60. The normalized spacial score (nSPS) is 14.2. The van der Waals surface area contributed by atoms with Crippen LogP contribution in [0.15, 0.2) is 340 Å². The summed E-state index contributed by atoms with van der Waals surface area (Å²) >= 11 is 0. The summed E-state index contributed by atoms with van der Waals surface area (Å²) in [4.78, 5) is 0. The standard InChI is InChI=1S/C85H56/c1-4-23-57(24-5-1)60-43-49-63(50-44-60)83(73-36-16-10-29-66(73)67-30-11-17-37-74(67)83)79-55-56-81(85(65-53-47-62(48-54-65)59-27-8-3-9-28-59)77-40-20-14-33-70(77)71-34-15-21-41-78(71)85)82-72(79)35-22-42-80(82)84(64-51-45-61(46-52-64)58-25-6-2-7-26-58)75-38-18-12-31-68(75)69-32-13-19-39-76(69)84/h1-56H. The van der Waals surface area contributed by atoms with Gasteiger partial charge in [-0.05, 0) is 144 Å². The maximum Gasteiger partial charge on any atom is 0.0719 e. The number of hydrogen-bond acceptors (Lipinski definition) is 0. The van der Waals surface area contributed by atoms with Crippen molar-refractivity contribution in [2.45, 2.75) is 16.2 Å². The van der Waals surface area contributed by atoms with Gasteiger partial charge in [0.2, 0.25) is 0 Å². The summed E-state index contributed by atoms with van der Waals surface area (Å²) in [6.45, 7) is 0. The average molecular weight is 1080 g/mol. The largest absolute Gasteiger partial charge is 0.0719 e. The molecule has 0 nitrogen and oxygen atoms in total. The molecule has 0 spiro atoms. The van der Waals surface area contributed by atoms with Crippen molar-refractivity contribution in [1.29, 1.82) is 0 Å². The van der Waals surface area contributed by atoms with Crippen LogP contribution >= 0.6 is 0 Å². The Balaban J connectivity index is 1.06. The van der Waals surface area contributed by atoms with Crippen molar-refractivity contribution in [1.82, 2.24) is 0 Å². The Kier molecular flexibility index (Phi) is 11.1. The van der Waals surface area contributed by atoms with Crippen molar-refractivity contribution in [3.8, 4) is 66.8 Å². The monoisotopic (exact) mass is 1080 g/mol. The molecule has 0 bridgehead atoms. The molecule has 3 aliphatic carbocycles. The molecule has 0 aromatic heterocycles. The Hall–Kier alpha value is -10.7.